The number of carboxylic acid groups (broad SMARTS) is 1. The molecule has 0 atom stereocenters. The molecule has 0 unspecified atom stereocenters. The van der Waals surface area contributed by atoms with E-state index in [0.717, 1.165) is 0 Å². The molecule has 0 heterocycles. The summed E-state index contributed by atoms with van der Waals surface area (Å²) in [5, 5.41) is 8.24. The summed E-state index contributed by atoms with van der Waals surface area (Å²) >= 11 is 0. The number of carboxylic acids is 1. The van der Waals surface area contributed by atoms with Crippen LogP contribution in [-0.4, -0.2) is 11.1 Å². The van der Waals surface area contributed by atoms with Crippen LogP contribution in [0.25, 0.3) is 0 Å². The van der Waals surface area contributed by atoms with Crippen LogP contribution < -0.4 is 0 Å². The lowest BCUT2D eigenvalue weighted by Crippen LogP contribution is -1.92. The molecule has 2 heteroatoms. The van der Waals surface area contributed by atoms with Gasteiger partial charge >= 0.3 is 5.97 Å². The van der Waals surface area contributed by atoms with Crippen LogP contribution in [0.2, 0.25) is 0 Å². The third kappa shape index (κ3) is 8.59. The summed E-state index contributed by atoms with van der Waals surface area (Å²) in [6.45, 7) is 0. The molecule has 0 saturated heterocycles. The molecule has 0 spiro atoms. The minimum absolute atomic E-state index is 0.185. The molecule has 0 aliphatic carbocycles. The van der Waals surface area contributed by atoms with Gasteiger partial charge in [-0.1, -0.05) is 11.8 Å². The van der Waals surface area contributed by atoms with Crippen LogP contribution in [0.15, 0.2) is 0 Å². The summed E-state index contributed by atoms with van der Waals surface area (Å²) in [4.78, 5) is 10.0. The molecule has 0 bridgehead atoms. The lowest BCUT2D eigenvalue weighted by atomic mass is 10.2. The molecule has 0 aromatic rings. The van der Waals surface area contributed by atoms with Gasteiger partial charge in [-0.3, -0.25) is 4.79 Å². The molecule has 0 aliphatic rings. The maximum Gasteiger partial charge on any atom is 0.303 e. The maximum atomic E-state index is 10.0. The number of unbranched alkanes of at least 4 members (excludes halogenated alkanes) is 1. The van der Waals surface area contributed by atoms with Gasteiger partial charge in [0.25, 0.3) is 0 Å². The Hall–Kier alpha value is -1.41. The fourth-order valence-corrected chi connectivity index (χ4v) is 0.530. The van der Waals surface area contributed by atoms with Crippen molar-refractivity contribution >= 4 is 5.97 Å². The van der Waals surface area contributed by atoms with Gasteiger partial charge in [-0.05, 0) is 6.42 Å². The second kappa shape index (κ2) is 6.71. The van der Waals surface area contributed by atoms with Crippen LogP contribution in [0.3, 0.4) is 0 Å². The molecule has 0 saturated carbocycles. The van der Waals surface area contributed by atoms with E-state index in [1.807, 2.05) is 0 Å². The van der Waals surface area contributed by atoms with E-state index in [1.54, 1.807) is 0 Å². The standard InChI is InChI=1S/C9H10O2/c1-2-3-4-5-6-7-8-9(10)11/h1H,3,6-8H2,(H,10,11). The summed E-state index contributed by atoms with van der Waals surface area (Å²) < 4.78 is 0. The topological polar surface area (TPSA) is 37.3 Å². The molecule has 11 heavy (non-hydrogen) atoms. The quantitative estimate of drug-likeness (QED) is 0.486. The highest BCUT2D eigenvalue weighted by atomic mass is 16.4. The van der Waals surface area contributed by atoms with E-state index in [4.69, 9.17) is 11.5 Å². The summed E-state index contributed by atoms with van der Waals surface area (Å²) in [7, 11) is 0. The molecule has 2 nitrogen and oxygen atoms in total. The van der Waals surface area contributed by atoms with Gasteiger partial charge in [-0.2, -0.15) is 0 Å². The van der Waals surface area contributed by atoms with E-state index >= 15 is 0 Å². The summed E-state index contributed by atoms with van der Waals surface area (Å²) in [6, 6.07) is 0. The van der Waals surface area contributed by atoms with Crippen molar-refractivity contribution < 1.29 is 9.90 Å². The number of rotatable bonds is 3. The first-order valence-corrected chi connectivity index (χ1v) is 3.38. The molecule has 0 aromatic carbocycles. The first-order valence-electron chi connectivity index (χ1n) is 3.38. The fourth-order valence-electron chi connectivity index (χ4n) is 0.530. The van der Waals surface area contributed by atoms with Gasteiger partial charge in [0.05, 0.1) is 6.42 Å². The Balaban J connectivity index is 3.23. The molecule has 0 rings (SSSR count). The summed E-state index contributed by atoms with van der Waals surface area (Å²) in [5.74, 6) is 7.12. The number of hydrogen-bond donors (Lipinski definition) is 1. The van der Waals surface area contributed by atoms with Crippen molar-refractivity contribution in [1.82, 2.24) is 0 Å². The monoisotopic (exact) mass is 150 g/mol. The zero-order valence-corrected chi connectivity index (χ0v) is 6.26. The van der Waals surface area contributed by atoms with Crippen molar-refractivity contribution in [3.63, 3.8) is 0 Å². The first kappa shape index (κ1) is 9.59. The minimum Gasteiger partial charge on any atom is -0.481 e. The van der Waals surface area contributed by atoms with E-state index in [-0.39, 0.29) is 6.42 Å². The van der Waals surface area contributed by atoms with E-state index in [1.165, 1.54) is 0 Å². The SMILES string of the molecule is C#CCC#CCCCC(=O)O. The van der Waals surface area contributed by atoms with E-state index < -0.39 is 5.97 Å². The van der Waals surface area contributed by atoms with Crippen LogP contribution in [-0.2, 0) is 4.79 Å². The van der Waals surface area contributed by atoms with Crippen LogP contribution in [0.1, 0.15) is 25.7 Å². The van der Waals surface area contributed by atoms with Crippen molar-refractivity contribution in [2.24, 2.45) is 0 Å². The van der Waals surface area contributed by atoms with E-state index in [2.05, 4.69) is 17.8 Å². The van der Waals surface area contributed by atoms with Crippen molar-refractivity contribution in [3.8, 4) is 24.2 Å². The molecule has 0 aliphatic heterocycles. The first-order chi connectivity index (χ1) is 5.27. The molecular weight excluding hydrogens is 140 g/mol. The molecule has 1 N–H and O–H groups in total. The van der Waals surface area contributed by atoms with Gasteiger partial charge in [0.15, 0.2) is 0 Å². The Morgan fingerprint density at radius 2 is 2.18 bits per heavy atom. The Labute approximate surface area is 66.6 Å². The summed E-state index contributed by atoms with van der Waals surface area (Å²) in [6.07, 6.45) is 6.80. The predicted octanol–water partition coefficient (Wildman–Crippen LogP) is 1.27. The molecule has 0 amide bonds. The van der Waals surface area contributed by atoms with Crippen molar-refractivity contribution in [2.75, 3.05) is 0 Å². The van der Waals surface area contributed by atoms with Gasteiger partial charge in [-0.25, -0.2) is 0 Å². The van der Waals surface area contributed by atoms with Crippen LogP contribution in [0, 0.1) is 24.2 Å². The second-order valence-electron chi connectivity index (χ2n) is 1.98. The van der Waals surface area contributed by atoms with Crippen molar-refractivity contribution in [2.45, 2.75) is 25.7 Å². The largest absolute Gasteiger partial charge is 0.481 e. The minimum atomic E-state index is -0.774. The smallest absolute Gasteiger partial charge is 0.303 e. The number of aliphatic carboxylic acids is 1. The highest BCUT2D eigenvalue weighted by Gasteiger charge is 1.92. The van der Waals surface area contributed by atoms with E-state index in [0.29, 0.717) is 19.3 Å². The van der Waals surface area contributed by atoms with Gasteiger partial charge in [0.2, 0.25) is 0 Å². The van der Waals surface area contributed by atoms with E-state index in [9.17, 15) is 4.79 Å². The van der Waals surface area contributed by atoms with Crippen LogP contribution >= 0.6 is 0 Å². The summed E-state index contributed by atoms with van der Waals surface area (Å²) in [5.41, 5.74) is 0. The van der Waals surface area contributed by atoms with Crippen LogP contribution in [0.5, 0.6) is 0 Å². The van der Waals surface area contributed by atoms with Gasteiger partial charge in [0.1, 0.15) is 0 Å². The average Bonchev–Trinajstić information content (AvgIpc) is 1.96. The van der Waals surface area contributed by atoms with Gasteiger partial charge < -0.3 is 5.11 Å². The lowest BCUT2D eigenvalue weighted by Gasteiger charge is -1.86. The van der Waals surface area contributed by atoms with Crippen LogP contribution in [0.4, 0.5) is 0 Å². The second-order valence-corrected chi connectivity index (χ2v) is 1.98. The fraction of sp³-hybridized carbons (Fsp3) is 0.444. The molecule has 0 aromatic heterocycles. The zero-order chi connectivity index (χ0) is 8.53. The normalized spacial score (nSPS) is 7.55. The highest BCUT2D eigenvalue weighted by molar-refractivity contribution is 5.66. The third-order valence-electron chi connectivity index (χ3n) is 1.01. The lowest BCUT2D eigenvalue weighted by molar-refractivity contribution is -0.137. The predicted molar refractivity (Wildman–Crippen MR) is 42.7 cm³/mol. The van der Waals surface area contributed by atoms with Gasteiger partial charge in [-0.15, -0.1) is 12.3 Å². The maximum absolute atomic E-state index is 10.0. The average molecular weight is 150 g/mol. The molecule has 0 fully saturated rings. The highest BCUT2D eigenvalue weighted by Crippen LogP contribution is 1.92. The van der Waals surface area contributed by atoms with Gasteiger partial charge in [0, 0.05) is 12.8 Å². The molecule has 58 valence electrons. The molecule has 0 radical (unpaired) electrons. The number of hydrogen-bond acceptors (Lipinski definition) is 1. The Morgan fingerprint density at radius 3 is 2.73 bits per heavy atom. The Kier molecular flexibility index (Phi) is 5.85. The molecular formula is C9H10O2. The van der Waals surface area contributed by atoms with Crippen molar-refractivity contribution in [1.29, 1.82) is 0 Å². The zero-order valence-electron chi connectivity index (χ0n) is 6.26. The number of carbonyl (C=O) groups is 1. The number of terminal acetylenes is 1. The Morgan fingerprint density at radius 1 is 1.45 bits per heavy atom. The third-order valence-corrected chi connectivity index (χ3v) is 1.01. The Bertz CT molecular complexity index is 212. The van der Waals surface area contributed by atoms with Crippen molar-refractivity contribution in [3.05, 3.63) is 0 Å².